The lowest BCUT2D eigenvalue weighted by molar-refractivity contribution is -0.388. The minimum atomic E-state index is -0.500. The van der Waals surface area contributed by atoms with Gasteiger partial charge in [-0.2, -0.15) is 0 Å². The number of pyridine rings is 1. The molecule has 0 unspecified atom stereocenters. The van der Waals surface area contributed by atoms with Crippen molar-refractivity contribution in [1.29, 1.82) is 0 Å². The number of aromatic nitrogens is 3. The minimum absolute atomic E-state index is 0.101. The third kappa shape index (κ3) is 3.31. The predicted molar refractivity (Wildman–Crippen MR) is 74.3 cm³/mol. The van der Waals surface area contributed by atoms with Gasteiger partial charge in [0.25, 0.3) is 0 Å². The molecule has 0 N–H and O–H groups in total. The van der Waals surface area contributed by atoms with Crippen LogP contribution in [0.15, 0.2) is 21.5 Å². The van der Waals surface area contributed by atoms with Gasteiger partial charge in [0.2, 0.25) is 5.13 Å². The molecule has 0 spiro atoms. The number of nitrogens with zero attached hydrogens (tertiary/aromatic N) is 5. The summed E-state index contributed by atoms with van der Waals surface area (Å²) in [6.07, 6.45) is 0. The van der Waals surface area contributed by atoms with E-state index in [2.05, 4.69) is 15.2 Å². The van der Waals surface area contributed by atoms with E-state index in [1.807, 2.05) is 19.0 Å². The van der Waals surface area contributed by atoms with Gasteiger partial charge in [-0.3, -0.25) is 10.1 Å². The van der Waals surface area contributed by atoms with Gasteiger partial charge in [0.05, 0.1) is 4.92 Å². The van der Waals surface area contributed by atoms with Crippen LogP contribution in [0, 0.1) is 10.1 Å². The van der Waals surface area contributed by atoms with Gasteiger partial charge in [0, 0.05) is 20.2 Å². The Balaban J connectivity index is 2.31. The highest BCUT2D eigenvalue weighted by molar-refractivity contribution is 8.01. The molecule has 0 aromatic carbocycles. The average molecular weight is 318 g/mol. The molecule has 0 bridgehead atoms. The Bertz CT molecular complexity index is 618. The van der Waals surface area contributed by atoms with Gasteiger partial charge in [-0.05, 0) is 17.8 Å². The standard InChI is InChI=1S/C9H8ClN5O2S2/c1-14(2)8-12-13-9(19-8)18-7-5(15(16)17)3-4-6(10)11-7/h3-4H,1-2H3. The molecule has 10 heteroatoms. The van der Waals surface area contributed by atoms with Crippen molar-refractivity contribution in [3.8, 4) is 0 Å². The highest BCUT2D eigenvalue weighted by Crippen LogP contribution is 2.36. The van der Waals surface area contributed by atoms with Crippen LogP contribution in [-0.2, 0) is 0 Å². The van der Waals surface area contributed by atoms with Crippen LogP contribution in [-0.4, -0.2) is 34.2 Å². The van der Waals surface area contributed by atoms with Crippen molar-refractivity contribution in [2.24, 2.45) is 0 Å². The van der Waals surface area contributed by atoms with Crippen LogP contribution in [0.3, 0.4) is 0 Å². The van der Waals surface area contributed by atoms with Gasteiger partial charge >= 0.3 is 5.69 Å². The van der Waals surface area contributed by atoms with Crippen LogP contribution in [0.1, 0.15) is 0 Å². The van der Waals surface area contributed by atoms with Crippen molar-refractivity contribution in [2.75, 3.05) is 19.0 Å². The van der Waals surface area contributed by atoms with Crippen LogP contribution in [0.4, 0.5) is 10.8 Å². The maximum absolute atomic E-state index is 10.9. The van der Waals surface area contributed by atoms with Gasteiger partial charge in [0.1, 0.15) is 5.15 Å². The molecule has 0 saturated heterocycles. The lowest BCUT2D eigenvalue weighted by atomic mass is 10.4. The molecule has 2 rings (SSSR count). The van der Waals surface area contributed by atoms with E-state index in [1.165, 1.54) is 23.5 Å². The molecular formula is C9H8ClN5O2S2. The fourth-order valence-corrected chi connectivity index (χ4v) is 3.10. The number of anilines is 1. The fraction of sp³-hybridized carbons (Fsp3) is 0.222. The third-order valence-electron chi connectivity index (χ3n) is 1.97. The molecule has 0 atom stereocenters. The van der Waals surface area contributed by atoms with Crippen LogP contribution >= 0.6 is 34.7 Å². The average Bonchev–Trinajstić information content (AvgIpc) is 2.77. The second-order valence-electron chi connectivity index (χ2n) is 3.56. The first-order valence-corrected chi connectivity index (χ1v) is 6.98. The molecule has 7 nitrogen and oxygen atoms in total. The number of halogens is 1. The first kappa shape index (κ1) is 14.0. The normalized spacial score (nSPS) is 10.5. The molecule has 0 fully saturated rings. The summed E-state index contributed by atoms with van der Waals surface area (Å²) < 4.78 is 0.571. The zero-order chi connectivity index (χ0) is 14.0. The highest BCUT2D eigenvalue weighted by Gasteiger charge is 2.19. The number of rotatable bonds is 4. The summed E-state index contributed by atoms with van der Waals surface area (Å²) >= 11 is 8.15. The van der Waals surface area contributed by atoms with Crippen molar-refractivity contribution in [3.63, 3.8) is 0 Å². The lowest BCUT2D eigenvalue weighted by Crippen LogP contribution is -2.07. The van der Waals surface area contributed by atoms with Gasteiger partial charge in [-0.15, -0.1) is 10.2 Å². The number of hydrogen-bond acceptors (Lipinski definition) is 8. The molecule has 19 heavy (non-hydrogen) atoms. The predicted octanol–water partition coefficient (Wildman–Crippen LogP) is 2.71. The summed E-state index contributed by atoms with van der Waals surface area (Å²) in [5.74, 6) is 0. The van der Waals surface area contributed by atoms with Crippen molar-refractivity contribution in [3.05, 3.63) is 27.4 Å². The zero-order valence-electron chi connectivity index (χ0n) is 9.90. The second kappa shape index (κ2) is 5.68. The van der Waals surface area contributed by atoms with E-state index in [0.717, 1.165) is 11.8 Å². The molecule has 2 aromatic rings. The lowest BCUT2D eigenvalue weighted by Gasteiger charge is -2.03. The third-order valence-corrected chi connectivity index (χ3v) is 4.31. The van der Waals surface area contributed by atoms with Crippen molar-refractivity contribution >= 4 is 45.5 Å². The monoisotopic (exact) mass is 317 g/mol. The SMILES string of the molecule is CN(C)c1nnc(Sc2nc(Cl)ccc2[N+](=O)[O-])s1. The van der Waals surface area contributed by atoms with Crippen LogP contribution in [0.2, 0.25) is 5.15 Å². The van der Waals surface area contributed by atoms with E-state index in [-0.39, 0.29) is 15.9 Å². The Morgan fingerprint density at radius 3 is 2.74 bits per heavy atom. The first-order chi connectivity index (χ1) is 8.97. The van der Waals surface area contributed by atoms with Crippen LogP contribution in [0.5, 0.6) is 0 Å². The Kier molecular flexibility index (Phi) is 4.17. The Morgan fingerprint density at radius 2 is 2.16 bits per heavy atom. The van der Waals surface area contributed by atoms with E-state index in [1.54, 1.807) is 0 Å². The summed E-state index contributed by atoms with van der Waals surface area (Å²) in [6.45, 7) is 0. The summed E-state index contributed by atoms with van der Waals surface area (Å²) in [4.78, 5) is 16.2. The smallest absolute Gasteiger partial charge is 0.301 e. The highest BCUT2D eigenvalue weighted by atomic mass is 35.5. The van der Waals surface area contributed by atoms with E-state index in [9.17, 15) is 10.1 Å². The summed E-state index contributed by atoms with van der Waals surface area (Å²) in [5, 5.41) is 19.9. The van der Waals surface area contributed by atoms with E-state index in [0.29, 0.717) is 9.47 Å². The molecule has 0 aliphatic rings. The number of nitro groups is 1. The van der Waals surface area contributed by atoms with E-state index in [4.69, 9.17) is 11.6 Å². The van der Waals surface area contributed by atoms with Crippen molar-refractivity contribution in [2.45, 2.75) is 9.37 Å². The zero-order valence-corrected chi connectivity index (χ0v) is 12.3. The first-order valence-electron chi connectivity index (χ1n) is 4.97. The fourth-order valence-electron chi connectivity index (χ4n) is 1.13. The summed E-state index contributed by atoms with van der Waals surface area (Å²) in [5.41, 5.74) is -0.101. The Labute approximate surface area is 121 Å². The molecule has 0 amide bonds. The van der Waals surface area contributed by atoms with Crippen LogP contribution in [0.25, 0.3) is 0 Å². The van der Waals surface area contributed by atoms with Crippen molar-refractivity contribution in [1.82, 2.24) is 15.2 Å². The van der Waals surface area contributed by atoms with E-state index < -0.39 is 4.92 Å². The molecule has 0 radical (unpaired) electrons. The van der Waals surface area contributed by atoms with Crippen LogP contribution < -0.4 is 4.90 Å². The Morgan fingerprint density at radius 1 is 1.42 bits per heavy atom. The molecule has 0 aliphatic carbocycles. The topological polar surface area (TPSA) is 85.0 Å². The van der Waals surface area contributed by atoms with Crippen molar-refractivity contribution < 1.29 is 4.92 Å². The summed E-state index contributed by atoms with van der Waals surface area (Å²) in [7, 11) is 3.68. The van der Waals surface area contributed by atoms with Gasteiger partial charge < -0.3 is 4.90 Å². The van der Waals surface area contributed by atoms with Gasteiger partial charge in [-0.1, -0.05) is 22.9 Å². The molecular weight excluding hydrogens is 310 g/mol. The minimum Gasteiger partial charge on any atom is -0.353 e. The molecule has 2 heterocycles. The Hall–Kier alpha value is -1.45. The molecule has 2 aromatic heterocycles. The molecule has 100 valence electrons. The summed E-state index contributed by atoms with van der Waals surface area (Å²) in [6, 6.07) is 2.71. The second-order valence-corrected chi connectivity index (χ2v) is 6.14. The molecule has 0 saturated carbocycles. The quantitative estimate of drug-likeness (QED) is 0.487. The number of hydrogen-bond donors (Lipinski definition) is 0. The van der Waals surface area contributed by atoms with E-state index >= 15 is 0 Å². The van der Waals surface area contributed by atoms with Gasteiger partial charge in [0.15, 0.2) is 9.37 Å². The largest absolute Gasteiger partial charge is 0.353 e. The maximum Gasteiger partial charge on any atom is 0.301 e. The molecule has 0 aliphatic heterocycles. The maximum atomic E-state index is 10.9. The van der Waals surface area contributed by atoms with Gasteiger partial charge in [-0.25, -0.2) is 4.98 Å².